The van der Waals surface area contributed by atoms with Crippen molar-refractivity contribution in [1.82, 2.24) is 15.5 Å². The molecule has 1 saturated heterocycles. The second-order valence-corrected chi connectivity index (χ2v) is 7.18. The Balaban J connectivity index is 0.00000288. The number of likely N-dealkylation sites (tertiary alicyclic amines) is 1. The van der Waals surface area contributed by atoms with Crippen LogP contribution in [0.2, 0.25) is 0 Å². The average Bonchev–Trinajstić information content (AvgIpc) is 2.56. The quantitative estimate of drug-likeness (QED) is 0.338. The molecule has 6 heteroatoms. The van der Waals surface area contributed by atoms with Gasteiger partial charge in [0.05, 0.1) is 0 Å². The number of piperidine rings is 1. The van der Waals surface area contributed by atoms with Crippen LogP contribution in [0.15, 0.2) is 4.99 Å². The van der Waals surface area contributed by atoms with E-state index in [0.29, 0.717) is 11.5 Å². The maximum Gasteiger partial charge on any atom is 0.191 e. The highest BCUT2D eigenvalue weighted by atomic mass is 127. The predicted octanol–water partition coefficient (Wildman–Crippen LogP) is 2.85. The predicted molar refractivity (Wildman–Crippen MR) is 112 cm³/mol. The molecule has 142 valence electrons. The van der Waals surface area contributed by atoms with Crippen molar-refractivity contribution >= 4 is 29.9 Å². The molecule has 24 heavy (non-hydrogen) atoms. The van der Waals surface area contributed by atoms with Crippen molar-refractivity contribution in [3.63, 3.8) is 0 Å². The van der Waals surface area contributed by atoms with Crippen molar-refractivity contribution in [2.45, 2.75) is 57.9 Å². The Hall–Kier alpha value is -0.0800. The number of ether oxygens (including phenoxy) is 1. The summed E-state index contributed by atoms with van der Waals surface area (Å²) >= 11 is 0. The van der Waals surface area contributed by atoms with E-state index in [1.165, 1.54) is 45.1 Å². The lowest BCUT2D eigenvalue weighted by atomic mass is 9.67. The van der Waals surface area contributed by atoms with E-state index < -0.39 is 0 Å². The van der Waals surface area contributed by atoms with Gasteiger partial charge < -0.3 is 15.4 Å². The first-order valence-corrected chi connectivity index (χ1v) is 9.40. The van der Waals surface area contributed by atoms with Gasteiger partial charge in [-0.25, -0.2) is 0 Å². The van der Waals surface area contributed by atoms with E-state index >= 15 is 0 Å². The van der Waals surface area contributed by atoms with Gasteiger partial charge in [0.2, 0.25) is 0 Å². The number of likely N-dealkylation sites (N-methyl/N-ethyl adjacent to an activating group) is 1. The zero-order chi connectivity index (χ0) is 16.5. The number of halogens is 1. The second-order valence-electron chi connectivity index (χ2n) is 7.18. The van der Waals surface area contributed by atoms with Crippen LogP contribution >= 0.6 is 24.0 Å². The van der Waals surface area contributed by atoms with Gasteiger partial charge in [0.1, 0.15) is 0 Å². The van der Waals surface area contributed by atoms with Gasteiger partial charge in [-0.05, 0) is 50.6 Å². The Morgan fingerprint density at radius 2 is 2.04 bits per heavy atom. The van der Waals surface area contributed by atoms with E-state index in [-0.39, 0.29) is 24.0 Å². The molecule has 1 unspecified atom stereocenters. The maximum absolute atomic E-state index is 5.28. The molecule has 0 spiro atoms. The number of nitrogens with zero attached hydrogens (tertiary/aromatic N) is 2. The molecule has 1 heterocycles. The van der Waals surface area contributed by atoms with Gasteiger partial charge in [-0.3, -0.25) is 9.89 Å². The molecule has 1 atom stereocenters. The number of hydrogen-bond acceptors (Lipinski definition) is 3. The first-order valence-electron chi connectivity index (χ1n) is 9.40. The van der Waals surface area contributed by atoms with Crippen LogP contribution in [0.1, 0.15) is 51.9 Å². The molecule has 1 saturated carbocycles. The van der Waals surface area contributed by atoms with Crippen molar-refractivity contribution < 1.29 is 4.74 Å². The molecular weight excluding hydrogens is 415 g/mol. The minimum Gasteiger partial charge on any atom is -0.385 e. The molecule has 0 bridgehead atoms. The molecule has 5 nitrogen and oxygen atoms in total. The van der Waals surface area contributed by atoms with Gasteiger partial charge in [-0.15, -0.1) is 24.0 Å². The first-order chi connectivity index (χ1) is 11.2. The highest BCUT2D eigenvalue weighted by molar-refractivity contribution is 14.0. The molecule has 0 radical (unpaired) electrons. The number of rotatable bonds is 8. The van der Waals surface area contributed by atoms with E-state index in [1.54, 1.807) is 7.11 Å². The van der Waals surface area contributed by atoms with Gasteiger partial charge in [0.15, 0.2) is 5.96 Å². The molecule has 0 aromatic heterocycles. The lowest BCUT2D eigenvalue weighted by Gasteiger charge is -2.42. The number of hydrogen-bond donors (Lipinski definition) is 2. The number of methoxy groups -OCH3 is 1. The van der Waals surface area contributed by atoms with Crippen molar-refractivity contribution in [2.24, 2.45) is 10.4 Å². The molecule has 2 fully saturated rings. The number of nitrogens with one attached hydrogen (secondary N) is 2. The fourth-order valence-corrected chi connectivity index (χ4v) is 3.92. The van der Waals surface area contributed by atoms with Crippen molar-refractivity contribution in [1.29, 1.82) is 0 Å². The Labute approximate surface area is 165 Å². The van der Waals surface area contributed by atoms with Crippen molar-refractivity contribution in [2.75, 3.05) is 46.9 Å². The molecular formula is C18H37IN4O. The number of aliphatic imine (C=N–C) groups is 1. The summed E-state index contributed by atoms with van der Waals surface area (Å²) in [6.45, 7) is 7.53. The summed E-state index contributed by atoms with van der Waals surface area (Å²) in [6, 6.07) is 0.651. The van der Waals surface area contributed by atoms with Crippen LogP contribution in [0.5, 0.6) is 0 Å². The molecule has 2 rings (SSSR count). The zero-order valence-electron chi connectivity index (χ0n) is 15.8. The fourth-order valence-electron chi connectivity index (χ4n) is 3.92. The summed E-state index contributed by atoms with van der Waals surface area (Å²) in [5.41, 5.74) is 0.425. The molecule has 0 amide bonds. The molecule has 2 aliphatic rings. The number of guanidine groups is 1. The van der Waals surface area contributed by atoms with Crippen LogP contribution in [0.25, 0.3) is 0 Å². The Morgan fingerprint density at radius 3 is 2.62 bits per heavy atom. The zero-order valence-corrected chi connectivity index (χ0v) is 18.1. The molecule has 0 aromatic carbocycles. The van der Waals surface area contributed by atoms with E-state index in [1.807, 2.05) is 7.05 Å². The van der Waals surface area contributed by atoms with Gasteiger partial charge in [0.25, 0.3) is 0 Å². The first kappa shape index (κ1) is 22.0. The molecule has 1 aliphatic carbocycles. The second kappa shape index (κ2) is 11.5. The highest BCUT2D eigenvalue weighted by Crippen LogP contribution is 2.43. The standard InChI is InChI=1S/C18H36N4O.HI/c1-4-22-12-6-5-8-16(22)14-20-17(19-2)21-15-18(9-7-10-18)11-13-23-3;/h16H,4-15H2,1-3H3,(H2,19,20,21);1H. The largest absolute Gasteiger partial charge is 0.385 e. The Morgan fingerprint density at radius 1 is 1.25 bits per heavy atom. The highest BCUT2D eigenvalue weighted by Gasteiger charge is 2.36. The minimum atomic E-state index is 0. The minimum absolute atomic E-state index is 0. The van der Waals surface area contributed by atoms with Crippen LogP contribution in [0.4, 0.5) is 0 Å². The van der Waals surface area contributed by atoms with E-state index in [0.717, 1.165) is 38.6 Å². The van der Waals surface area contributed by atoms with Gasteiger partial charge in [0, 0.05) is 39.9 Å². The summed E-state index contributed by atoms with van der Waals surface area (Å²) in [4.78, 5) is 7.00. The van der Waals surface area contributed by atoms with Crippen LogP contribution in [-0.2, 0) is 4.74 Å². The fraction of sp³-hybridized carbons (Fsp3) is 0.944. The third-order valence-electron chi connectivity index (χ3n) is 5.77. The van der Waals surface area contributed by atoms with Crippen LogP contribution in [0, 0.1) is 5.41 Å². The van der Waals surface area contributed by atoms with Gasteiger partial charge >= 0.3 is 0 Å². The topological polar surface area (TPSA) is 48.9 Å². The van der Waals surface area contributed by atoms with Gasteiger partial charge in [-0.1, -0.05) is 19.8 Å². The monoisotopic (exact) mass is 452 g/mol. The maximum atomic E-state index is 5.28. The third kappa shape index (κ3) is 6.33. The average molecular weight is 452 g/mol. The Kier molecular flexibility index (Phi) is 10.5. The van der Waals surface area contributed by atoms with Crippen LogP contribution < -0.4 is 10.6 Å². The lowest BCUT2D eigenvalue weighted by Crippen LogP contribution is -2.51. The smallest absolute Gasteiger partial charge is 0.191 e. The SMILES string of the molecule is CCN1CCCCC1CNC(=NC)NCC1(CCOC)CCC1.I. The van der Waals surface area contributed by atoms with Crippen molar-refractivity contribution in [3.8, 4) is 0 Å². The summed E-state index contributed by atoms with van der Waals surface area (Å²) in [5.74, 6) is 0.954. The molecule has 0 aromatic rings. The van der Waals surface area contributed by atoms with Gasteiger partial charge in [-0.2, -0.15) is 0 Å². The normalized spacial score (nSPS) is 24.0. The van der Waals surface area contributed by atoms with E-state index in [9.17, 15) is 0 Å². The molecule has 2 N–H and O–H groups in total. The summed E-state index contributed by atoms with van der Waals surface area (Å²) in [6.07, 6.45) is 9.13. The van der Waals surface area contributed by atoms with E-state index in [4.69, 9.17) is 4.74 Å². The van der Waals surface area contributed by atoms with E-state index in [2.05, 4.69) is 27.4 Å². The van der Waals surface area contributed by atoms with Crippen molar-refractivity contribution in [3.05, 3.63) is 0 Å². The molecule has 1 aliphatic heterocycles. The Bertz CT molecular complexity index is 374. The summed E-state index contributed by atoms with van der Waals surface area (Å²) in [7, 11) is 3.67. The third-order valence-corrected chi connectivity index (χ3v) is 5.77. The summed E-state index contributed by atoms with van der Waals surface area (Å²) in [5, 5.41) is 7.10. The summed E-state index contributed by atoms with van der Waals surface area (Å²) < 4.78 is 5.28. The van der Waals surface area contributed by atoms with Crippen LogP contribution in [-0.4, -0.2) is 63.8 Å². The lowest BCUT2D eigenvalue weighted by molar-refractivity contribution is 0.0732. The van der Waals surface area contributed by atoms with Crippen LogP contribution in [0.3, 0.4) is 0 Å².